The summed E-state index contributed by atoms with van der Waals surface area (Å²) in [4.78, 5) is 14.3. The molecule has 3 rings (SSSR count). The van der Waals surface area contributed by atoms with Gasteiger partial charge in [0.05, 0.1) is 25.3 Å². The third-order valence-electron chi connectivity index (χ3n) is 3.88. The monoisotopic (exact) mass is 348 g/mol. The normalized spacial score (nSPS) is 14.5. The predicted octanol–water partition coefficient (Wildman–Crippen LogP) is 3.50. The van der Waals surface area contributed by atoms with Crippen LogP contribution in [0.3, 0.4) is 0 Å². The van der Waals surface area contributed by atoms with Crippen LogP contribution in [-0.4, -0.2) is 32.2 Å². The molecular formula is C18H18ClFN2O2. The minimum atomic E-state index is -0.448. The molecule has 2 aromatic rings. The second-order valence-electron chi connectivity index (χ2n) is 5.61. The van der Waals surface area contributed by atoms with Gasteiger partial charge in [0.25, 0.3) is 0 Å². The van der Waals surface area contributed by atoms with Crippen molar-refractivity contribution in [1.29, 1.82) is 0 Å². The van der Waals surface area contributed by atoms with E-state index in [9.17, 15) is 9.18 Å². The van der Waals surface area contributed by atoms with Gasteiger partial charge in [0.15, 0.2) is 0 Å². The van der Waals surface area contributed by atoms with Crippen molar-refractivity contribution in [3.8, 4) is 0 Å². The summed E-state index contributed by atoms with van der Waals surface area (Å²) in [7, 11) is 0. The zero-order valence-corrected chi connectivity index (χ0v) is 13.9. The fraction of sp³-hybridized carbons (Fsp3) is 0.278. The number of carbonyl (C=O) groups is 1. The Hall–Kier alpha value is -2.11. The highest BCUT2D eigenvalue weighted by Crippen LogP contribution is 2.24. The molecule has 0 atom stereocenters. The van der Waals surface area contributed by atoms with Crippen LogP contribution in [0.1, 0.15) is 5.56 Å². The SMILES string of the molecule is O=C(Cc1ccc(Cl)cc1)Nc1cc(N2CCOCC2)ccc1F. The van der Waals surface area contributed by atoms with E-state index in [1.54, 1.807) is 36.4 Å². The summed E-state index contributed by atoms with van der Waals surface area (Å²) < 4.78 is 19.3. The highest BCUT2D eigenvalue weighted by atomic mass is 35.5. The van der Waals surface area contributed by atoms with E-state index in [1.165, 1.54) is 6.07 Å². The van der Waals surface area contributed by atoms with Crippen LogP contribution in [0.15, 0.2) is 42.5 Å². The smallest absolute Gasteiger partial charge is 0.228 e. The van der Waals surface area contributed by atoms with Crippen molar-refractivity contribution in [3.05, 3.63) is 58.9 Å². The van der Waals surface area contributed by atoms with Gasteiger partial charge in [-0.2, -0.15) is 0 Å². The molecule has 126 valence electrons. The number of halogens is 2. The van der Waals surface area contributed by atoms with Crippen LogP contribution in [0.25, 0.3) is 0 Å². The molecule has 0 aromatic heterocycles. The summed E-state index contributed by atoms with van der Waals surface area (Å²) in [5.41, 5.74) is 1.89. The molecular weight excluding hydrogens is 331 g/mol. The largest absolute Gasteiger partial charge is 0.378 e. The Balaban J connectivity index is 1.69. The van der Waals surface area contributed by atoms with Crippen LogP contribution < -0.4 is 10.2 Å². The quantitative estimate of drug-likeness (QED) is 0.919. The lowest BCUT2D eigenvalue weighted by Crippen LogP contribution is -2.36. The van der Waals surface area contributed by atoms with E-state index in [4.69, 9.17) is 16.3 Å². The van der Waals surface area contributed by atoms with Crippen LogP contribution in [0.4, 0.5) is 15.8 Å². The Kier molecular flexibility index (Phi) is 5.33. The van der Waals surface area contributed by atoms with E-state index in [1.807, 2.05) is 0 Å². The molecule has 4 nitrogen and oxygen atoms in total. The van der Waals surface area contributed by atoms with Gasteiger partial charge in [-0.25, -0.2) is 4.39 Å². The van der Waals surface area contributed by atoms with Gasteiger partial charge in [-0.05, 0) is 35.9 Å². The molecule has 0 saturated carbocycles. The van der Waals surface area contributed by atoms with Crippen molar-refractivity contribution in [2.75, 3.05) is 36.5 Å². The fourth-order valence-electron chi connectivity index (χ4n) is 2.61. The number of benzene rings is 2. The molecule has 1 fully saturated rings. The summed E-state index contributed by atoms with van der Waals surface area (Å²) in [6.07, 6.45) is 0.165. The van der Waals surface area contributed by atoms with E-state index < -0.39 is 5.82 Å². The number of rotatable bonds is 4. The molecule has 0 radical (unpaired) electrons. The maximum absolute atomic E-state index is 14.0. The van der Waals surface area contributed by atoms with Gasteiger partial charge in [0, 0.05) is 23.8 Å². The van der Waals surface area contributed by atoms with Crippen molar-refractivity contribution < 1.29 is 13.9 Å². The van der Waals surface area contributed by atoms with Gasteiger partial charge in [0.1, 0.15) is 5.82 Å². The van der Waals surface area contributed by atoms with Crippen LogP contribution in [-0.2, 0) is 16.0 Å². The predicted molar refractivity (Wildman–Crippen MR) is 93.2 cm³/mol. The maximum atomic E-state index is 14.0. The van der Waals surface area contributed by atoms with Gasteiger partial charge in [-0.1, -0.05) is 23.7 Å². The second kappa shape index (κ2) is 7.64. The molecule has 0 unspecified atom stereocenters. The van der Waals surface area contributed by atoms with Crippen molar-refractivity contribution >= 4 is 28.9 Å². The van der Waals surface area contributed by atoms with Crippen molar-refractivity contribution in [2.24, 2.45) is 0 Å². The van der Waals surface area contributed by atoms with E-state index in [2.05, 4.69) is 10.2 Å². The van der Waals surface area contributed by atoms with Crippen LogP contribution in [0.5, 0.6) is 0 Å². The van der Waals surface area contributed by atoms with Crippen molar-refractivity contribution in [3.63, 3.8) is 0 Å². The molecule has 0 spiro atoms. The van der Waals surface area contributed by atoms with E-state index in [0.717, 1.165) is 24.3 Å². The highest BCUT2D eigenvalue weighted by Gasteiger charge is 2.14. The first-order valence-corrected chi connectivity index (χ1v) is 8.16. The summed E-state index contributed by atoms with van der Waals surface area (Å²) in [6, 6.07) is 11.8. The Labute approximate surface area is 145 Å². The van der Waals surface area contributed by atoms with Crippen molar-refractivity contribution in [2.45, 2.75) is 6.42 Å². The van der Waals surface area contributed by atoms with Crippen LogP contribution >= 0.6 is 11.6 Å². The molecule has 0 aliphatic carbocycles. The van der Waals surface area contributed by atoms with Gasteiger partial charge in [-0.15, -0.1) is 0 Å². The Bertz CT molecular complexity index is 715. The van der Waals surface area contributed by atoms with E-state index >= 15 is 0 Å². The summed E-state index contributed by atoms with van der Waals surface area (Å²) >= 11 is 5.83. The van der Waals surface area contributed by atoms with E-state index in [-0.39, 0.29) is 18.0 Å². The lowest BCUT2D eigenvalue weighted by molar-refractivity contribution is -0.115. The number of morpholine rings is 1. The van der Waals surface area contributed by atoms with Gasteiger partial charge < -0.3 is 15.0 Å². The third-order valence-corrected chi connectivity index (χ3v) is 4.13. The molecule has 1 N–H and O–H groups in total. The summed E-state index contributed by atoms with van der Waals surface area (Å²) in [5, 5.41) is 3.26. The maximum Gasteiger partial charge on any atom is 0.228 e. The second-order valence-corrected chi connectivity index (χ2v) is 6.05. The minimum Gasteiger partial charge on any atom is -0.378 e. The topological polar surface area (TPSA) is 41.6 Å². The summed E-state index contributed by atoms with van der Waals surface area (Å²) in [5.74, 6) is -0.716. The number of amides is 1. The van der Waals surface area contributed by atoms with E-state index in [0.29, 0.717) is 18.2 Å². The Morgan fingerprint density at radius 3 is 2.58 bits per heavy atom. The standard InChI is InChI=1S/C18H18ClFN2O2/c19-14-3-1-13(2-4-14)11-18(23)21-17-12-15(5-6-16(17)20)22-7-9-24-10-8-22/h1-6,12H,7-11H2,(H,21,23). The first kappa shape index (κ1) is 16.7. The van der Waals surface area contributed by atoms with Gasteiger partial charge in [-0.3, -0.25) is 4.79 Å². The number of hydrogen-bond acceptors (Lipinski definition) is 3. The molecule has 2 aromatic carbocycles. The molecule has 1 amide bonds. The minimum absolute atomic E-state index is 0.165. The number of hydrogen-bond donors (Lipinski definition) is 1. The lowest BCUT2D eigenvalue weighted by Gasteiger charge is -2.29. The lowest BCUT2D eigenvalue weighted by atomic mass is 10.1. The van der Waals surface area contributed by atoms with Crippen LogP contribution in [0.2, 0.25) is 5.02 Å². The number of nitrogens with one attached hydrogen (secondary N) is 1. The van der Waals surface area contributed by atoms with Gasteiger partial charge in [0.2, 0.25) is 5.91 Å². The zero-order chi connectivity index (χ0) is 16.9. The first-order chi connectivity index (χ1) is 11.6. The number of nitrogens with zero attached hydrogens (tertiary/aromatic N) is 1. The molecule has 24 heavy (non-hydrogen) atoms. The average Bonchev–Trinajstić information content (AvgIpc) is 2.60. The number of anilines is 2. The zero-order valence-electron chi connectivity index (χ0n) is 13.1. The number of carbonyl (C=O) groups excluding carboxylic acids is 1. The Morgan fingerprint density at radius 1 is 1.17 bits per heavy atom. The third kappa shape index (κ3) is 4.24. The van der Waals surface area contributed by atoms with Crippen molar-refractivity contribution in [1.82, 2.24) is 0 Å². The molecule has 1 aliphatic heterocycles. The highest BCUT2D eigenvalue weighted by molar-refractivity contribution is 6.30. The Morgan fingerprint density at radius 2 is 1.88 bits per heavy atom. The first-order valence-electron chi connectivity index (χ1n) is 7.78. The van der Waals surface area contributed by atoms with Gasteiger partial charge >= 0.3 is 0 Å². The molecule has 1 saturated heterocycles. The van der Waals surface area contributed by atoms with Crippen LogP contribution in [0, 0.1) is 5.82 Å². The number of ether oxygens (including phenoxy) is 1. The molecule has 0 bridgehead atoms. The molecule has 1 aliphatic rings. The average molecular weight is 349 g/mol. The fourth-order valence-corrected chi connectivity index (χ4v) is 2.74. The molecule has 6 heteroatoms. The molecule has 1 heterocycles. The summed E-state index contributed by atoms with van der Waals surface area (Å²) in [6.45, 7) is 2.80.